The summed E-state index contributed by atoms with van der Waals surface area (Å²) >= 11 is 4.68. The van der Waals surface area contributed by atoms with Crippen LogP contribution in [0.5, 0.6) is 0 Å². The molecule has 1 aliphatic carbocycles. The van der Waals surface area contributed by atoms with Gasteiger partial charge in [0.1, 0.15) is 4.88 Å². The molecule has 94 valence electrons. The largest absolute Gasteiger partial charge is 0.345 e. The average Bonchev–Trinajstić information content (AvgIpc) is 2.72. The lowest BCUT2D eigenvalue weighted by Crippen LogP contribution is -2.54. The van der Waals surface area contributed by atoms with E-state index in [1.807, 2.05) is 0 Å². The van der Waals surface area contributed by atoms with Crippen molar-refractivity contribution in [3.63, 3.8) is 0 Å². The van der Waals surface area contributed by atoms with Crippen LogP contribution in [0.3, 0.4) is 0 Å². The number of halogens is 1. The Kier molecular flexibility index (Phi) is 4.14. The van der Waals surface area contributed by atoms with E-state index in [1.54, 1.807) is 0 Å². The fraction of sp³-hybridized carbons (Fsp3) is 0.727. The van der Waals surface area contributed by atoms with Gasteiger partial charge in [0.15, 0.2) is 0 Å². The first-order valence-electron chi connectivity index (χ1n) is 5.90. The molecule has 2 rings (SSSR count). The highest BCUT2D eigenvalue weighted by Crippen LogP contribution is 2.33. The molecule has 0 aliphatic heterocycles. The van der Waals surface area contributed by atoms with Crippen LogP contribution >= 0.6 is 27.5 Å². The molecule has 17 heavy (non-hydrogen) atoms. The summed E-state index contributed by atoms with van der Waals surface area (Å²) in [6.07, 6.45) is 5.10. The molecule has 1 saturated carbocycles. The number of rotatable bonds is 5. The average molecular weight is 318 g/mol. The molecule has 0 spiro atoms. The van der Waals surface area contributed by atoms with Gasteiger partial charge in [-0.1, -0.05) is 33.8 Å². The van der Waals surface area contributed by atoms with E-state index in [4.69, 9.17) is 0 Å². The summed E-state index contributed by atoms with van der Waals surface area (Å²) in [5.74, 6) is -0.0115. The van der Waals surface area contributed by atoms with Crippen LogP contribution in [0.2, 0.25) is 0 Å². The summed E-state index contributed by atoms with van der Waals surface area (Å²) in [7, 11) is 0. The highest BCUT2D eigenvalue weighted by Gasteiger charge is 2.38. The molecule has 6 heteroatoms. The highest BCUT2D eigenvalue weighted by molar-refractivity contribution is 9.09. The number of carbonyl (C=O) groups excluding carboxylic acids is 1. The SMILES string of the molecule is CCCc1nnsc1C(=O)NC1(CBr)CCC1. The molecule has 0 aromatic carbocycles. The van der Waals surface area contributed by atoms with Crippen molar-refractivity contribution in [2.75, 3.05) is 5.33 Å². The molecule has 1 heterocycles. The zero-order valence-corrected chi connectivity index (χ0v) is 12.2. The van der Waals surface area contributed by atoms with Crippen molar-refractivity contribution in [1.29, 1.82) is 0 Å². The minimum Gasteiger partial charge on any atom is -0.345 e. The van der Waals surface area contributed by atoms with E-state index >= 15 is 0 Å². The summed E-state index contributed by atoms with van der Waals surface area (Å²) in [5, 5.41) is 7.97. The van der Waals surface area contributed by atoms with E-state index in [-0.39, 0.29) is 11.4 Å². The lowest BCUT2D eigenvalue weighted by Gasteiger charge is -2.41. The van der Waals surface area contributed by atoms with Crippen LogP contribution in [0.25, 0.3) is 0 Å². The van der Waals surface area contributed by atoms with Gasteiger partial charge in [-0.25, -0.2) is 0 Å². The van der Waals surface area contributed by atoms with Crippen LogP contribution < -0.4 is 5.32 Å². The predicted molar refractivity (Wildman–Crippen MR) is 71.7 cm³/mol. The van der Waals surface area contributed by atoms with Gasteiger partial charge < -0.3 is 5.32 Å². The molecule has 0 saturated heterocycles. The second-order valence-electron chi connectivity index (χ2n) is 4.52. The van der Waals surface area contributed by atoms with Gasteiger partial charge in [0, 0.05) is 5.33 Å². The predicted octanol–water partition coefficient (Wildman–Crippen LogP) is 2.54. The third kappa shape index (κ3) is 2.68. The molecule has 1 aliphatic rings. The quantitative estimate of drug-likeness (QED) is 0.849. The fourth-order valence-electron chi connectivity index (χ4n) is 1.97. The van der Waals surface area contributed by atoms with Crippen molar-refractivity contribution in [1.82, 2.24) is 14.9 Å². The van der Waals surface area contributed by atoms with E-state index in [2.05, 4.69) is 37.8 Å². The number of aryl methyl sites for hydroxylation is 1. The standard InChI is InChI=1S/C11H16BrN3OS/c1-2-4-8-9(17-15-14-8)10(16)13-11(7-12)5-3-6-11/h2-7H2,1H3,(H,13,16). The Balaban J connectivity index is 2.06. The number of hydrogen-bond donors (Lipinski definition) is 1. The van der Waals surface area contributed by atoms with Gasteiger partial charge in [-0.15, -0.1) is 5.10 Å². The van der Waals surface area contributed by atoms with Crippen LogP contribution in [-0.2, 0) is 6.42 Å². The highest BCUT2D eigenvalue weighted by atomic mass is 79.9. The molecule has 0 bridgehead atoms. The second kappa shape index (κ2) is 5.44. The van der Waals surface area contributed by atoms with E-state index in [0.717, 1.165) is 36.7 Å². The molecule has 1 fully saturated rings. The van der Waals surface area contributed by atoms with Gasteiger partial charge in [-0.05, 0) is 37.2 Å². The molecule has 0 radical (unpaired) electrons. The summed E-state index contributed by atoms with van der Waals surface area (Å²) in [6.45, 7) is 2.08. The van der Waals surface area contributed by atoms with Crippen molar-refractivity contribution < 1.29 is 4.79 Å². The van der Waals surface area contributed by atoms with Crippen LogP contribution in [-0.4, -0.2) is 26.4 Å². The third-order valence-electron chi connectivity index (χ3n) is 3.19. The number of nitrogens with one attached hydrogen (secondary N) is 1. The number of alkyl halides is 1. The van der Waals surface area contributed by atoms with E-state index in [9.17, 15) is 4.79 Å². The summed E-state index contributed by atoms with van der Waals surface area (Å²) < 4.78 is 3.88. The van der Waals surface area contributed by atoms with E-state index in [1.165, 1.54) is 18.0 Å². The Morgan fingerprint density at radius 1 is 1.59 bits per heavy atom. The number of carbonyl (C=O) groups is 1. The van der Waals surface area contributed by atoms with Crippen molar-refractivity contribution >= 4 is 33.4 Å². The second-order valence-corrected chi connectivity index (χ2v) is 5.84. The van der Waals surface area contributed by atoms with Gasteiger partial charge in [0.2, 0.25) is 0 Å². The molecular weight excluding hydrogens is 302 g/mol. The summed E-state index contributed by atoms with van der Waals surface area (Å²) in [6, 6.07) is 0. The molecule has 0 unspecified atom stereocenters. The maximum absolute atomic E-state index is 12.2. The van der Waals surface area contributed by atoms with Crippen molar-refractivity contribution in [2.24, 2.45) is 0 Å². The smallest absolute Gasteiger partial charge is 0.265 e. The number of aromatic nitrogens is 2. The Morgan fingerprint density at radius 2 is 2.35 bits per heavy atom. The van der Waals surface area contributed by atoms with E-state index in [0.29, 0.717) is 4.88 Å². The van der Waals surface area contributed by atoms with Crippen molar-refractivity contribution in [3.05, 3.63) is 10.6 Å². The maximum atomic E-state index is 12.2. The molecule has 1 amide bonds. The molecule has 1 N–H and O–H groups in total. The van der Waals surface area contributed by atoms with Gasteiger partial charge in [-0.3, -0.25) is 4.79 Å². The van der Waals surface area contributed by atoms with Crippen LogP contribution in [0.1, 0.15) is 48.0 Å². The first-order valence-corrected chi connectivity index (χ1v) is 7.80. The van der Waals surface area contributed by atoms with Crippen molar-refractivity contribution in [3.8, 4) is 0 Å². The Morgan fingerprint density at radius 3 is 2.88 bits per heavy atom. The molecule has 1 aromatic rings. The fourth-order valence-corrected chi connectivity index (χ4v) is 3.28. The first-order chi connectivity index (χ1) is 8.21. The Bertz CT molecular complexity index is 398. The van der Waals surface area contributed by atoms with Gasteiger partial charge in [0.25, 0.3) is 5.91 Å². The molecule has 4 nitrogen and oxygen atoms in total. The molecule has 0 atom stereocenters. The first kappa shape index (κ1) is 13.0. The number of hydrogen-bond acceptors (Lipinski definition) is 4. The van der Waals surface area contributed by atoms with Gasteiger partial charge in [0.05, 0.1) is 11.2 Å². The van der Waals surface area contributed by atoms with Gasteiger partial charge >= 0.3 is 0 Å². The zero-order chi connectivity index (χ0) is 12.3. The van der Waals surface area contributed by atoms with Crippen molar-refractivity contribution in [2.45, 2.75) is 44.6 Å². The normalized spacial score (nSPS) is 17.5. The maximum Gasteiger partial charge on any atom is 0.265 e. The monoisotopic (exact) mass is 317 g/mol. The van der Waals surface area contributed by atoms with Crippen LogP contribution in [0.4, 0.5) is 0 Å². The molecule has 1 aromatic heterocycles. The van der Waals surface area contributed by atoms with Crippen LogP contribution in [0.15, 0.2) is 0 Å². The minimum atomic E-state index is -0.0371. The molecular formula is C11H16BrN3OS. The number of amides is 1. The summed E-state index contributed by atoms with van der Waals surface area (Å²) in [4.78, 5) is 12.8. The minimum absolute atomic E-state index is 0.0115. The van der Waals surface area contributed by atoms with Crippen LogP contribution in [0, 0.1) is 0 Å². The Labute approximate surface area is 113 Å². The zero-order valence-electron chi connectivity index (χ0n) is 9.83. The Hall–Kier alpha value is -0.490. The van der Waals surface area contributed by atoms with E-state index < -0.39 is 0 Å². The lowest BCUT2D eigenvalue weighted by atomic mass is 9.78. The lowest BCUT2D eigenvalue weighted by molar-refractivity contribution is 0.0859. The summed E-state index contributed by atoms with van der Waals surface area (Å²) in [5.41, 5.74) is 0.795. The van der Waals surface area contributed by atoms with Gasteiger partial charge in [-0.2, -0.15) is 0 Å². The topological polar surface area (TPSA) is 54.9 Å². The number of nitrogens with zero attached hydrogens (tertiary/aromatic N) is 2. The third-order valence-corrected chi connectivity index (χ3v) is 5.03.